The monoisotopic (exact) mass is 440 g/mol. The molecule has 1 aliphatic rings. The summed E-state index contributed by atoms with van der Waals surface area (Å²) in [5.41, 5.74) is 2.15. The molecule has 0 atom stereocenters. The molecule has 0 aliphatic heterocycles. The first-order chi connectivity index (χ1) is 15.5. The number of pyridine rings is 1. The quantitative estimate of drug-likeness (QED) is 0.398. The number of nitrogens with one attached hydrogen (secondary N) is 1. The number of para-hydroxylation sites is 1. The Kier molecular flexibility index (Phi) is 9.00. The van der Waals surface area contributed by atoms with Crippen LogP contribution in [0.15, 0.2) is 30.3 Å². The zero-order valence-corrected chi connectivity index (χ0v) is 20.0. The maximum Gasteiger partial charge on any atom is 0.407 e. The Morgan fingerprint density at radius 1 is 1.06 bits per heavy atom. The number of amides is 1. The van der Waals surface area contributed by atoms with E-state index in [1.165, 1.54) is 25.7 Å². The van der Waals surface area contributed by atoms with E-state index in [-0.39, 0.29) is 6.04 Å². The average molecular weight is 441 g/mol. The number of carbonyl (C=O) groups is 1. The maximum absolute atomic E-state index is 11.9. The van der Waals surface area contributed by atoms with E-state index in [0.717, 1.165) is 60.9 Å². The number of anilines is 2. The Morgan fingerprint density at radius 2 is 1.75 bits per heavy atom. The minimum absolute atomic E-state index is 0.142. The third-order valence-corrected chi connectivity index (χ3v) is 6.66. The smallest absolute Gasteiger partial charge is 0.407 e. The van der Waals surface area contributed by atoms with Gasteiger partial charge in [-0.1, -0.05) is 57.2 Å². The highest BCUT2D eigenvalue weighted by Gasteiger charge is 2.28. The van der Waals surface area contributed by atoms with E-state index in [1.54, 1.807) is 4.90 Å². The van der Waals surface area contributed by atoms with Crippen molar-refractivity contribution in [3.8, 4) is 0 Å². The third kappa shape index (κ3) is 6.50. The van der Waals surface area contributed by atoms with E-state index in [0.29, 0.717) is 12.6 Å². The van der Waals surface area contributed by atoms with Gasteiger partial charge in [-0.2, -0.15) is 0 Å². The fourth-order valence-electron chi connectivity index (χ4n) is 4.84. The molecule has 1 aliphatic carbocycles. The average Bonchev–Trinajstić information content (AvgIpc) is 2.78. The molecule has 32 heavy (non-hydrogen) atoms. The van der Waals surface area contributed by atoms with Gasteiger partial charge in [0.15, 0.2) is 0 Å². The molecule has 1 amide bonds. The zero-order valence-electron chi connectivity index (χ0n) is 20.0. The van der Waals surface area contributed by atoms with Crippen LogP contribution in [0.4, 0.5) is 16.3 Å². The number of nitrogens with zero attached hydrogens (tertiary/aromatic N) is 3. The topological polar surface area (TPSA) is 68.7 Å². The summed E-state index contributed by atoms with van der Waals surface area (Å²) in [6.07, 6.45) is 10.1. The zero-order chi connectivity index (χ0) is 22.9. The summed E-state index contributed by atoms with van der Waals surface area (Å²) in [5.74, 6) is 0.901. The fourth-order valence-corrected chi connectivity index (χ4v) is 4.84. The Labute approximate surface area is 193 Å². The van der Waals surface area contributed by atoms with Gasteiger partial charge in [-0.15, -0.1) is 0 Å². The molecule has 0 bridgehead atoms. The van der Waals surface area contributed by atoms with Gasteiger partial charge in [0.1, 0.15) is 5.82 Å². The minimum Gasteiger partial charge on any atom is -0.465 e. The second-order valence-electron chi connectivity index (χ2n) is 9.33. The lowest BCUT2D eigenvalue weighted by Crippen LogP contribution is -2.43. The van der Waals surface area contributed by atoms with Gasteiger partial charge in [0, 0.05) is 49.9 Å². The van der Waals surface area contributed by atoms with Crippen LogP contribution in [0.2, 0.25) is 0 Å². The van der Waals surface area contributed by atoms with Gasteiger partial charge in [0.05, 0.1) is 5.52 Å². The molecule has 2 N–H and O–H groups in total. The molecule has 3 rings (SSSR count). The van der Waals surface area contributed by atoms with Crippen LogP contribution in [0.5, 0.6) is 0 Å². The highest BCUT2D eigenvalue weighted by molar-refractivity contribution is 5.93. The minimum atomic E-state index is -0.762. The van der Waals surface area contributed by atoms with Crippen molar-refractivity contribution in [1.29, 1.82) is 0 Å². The lowest BCUT2D eigenvalue weighted by atomic mass is 9.90. The number of aromatic nitrogens is 1. The summed E-state index contributed by atoms with van der Waals surface area (Å²) in [4.78, 5) is 20.5. The van der Waals surface area contributed by atoms with Crippen LogP contribution in [0, 0.1) is 0 Å². The van der Waals surface area contributed by atoms with E-state index in [1.807, 2.05) is 12.1 Å². The Hall–Kier alpha value is -2.50. The molecule has 1 aromatic carbocycles. The summed E-state index contributed by atoms with van der Waals surface area (Å²) in [6, 6.07) is 10.8. The van der Waals surface area contributed by atoms with Crippen LogP contribution >= 0.6 is 0 Å². The lowest BCUT2D eigenvalue weighted by Gasteiger charge is -2.36. The van der Waals surface area contributed by atoms with Crippen LogP contribution in [0.1, 0.15) is 71.1 Å². The van der Waals surface area contributed by atoms with E-state index in [2.05, 4.69) is 49.4 Å². The molecule has 1 aromatic heterocycles. The number of rotatable bonds is 11. The molecular formula is C26H40N4O2. The van der Waals surface area contributed by atoms with Gasteiger partial charge >= 0.3 is 6.09 Å². The summed E-state index contributed by atoms with van der Waals surface area (Å²) in [6.45, 7) is 2.89. The molecule has 176 valence electrons. The van der Waals surface area contributed by atoms with Gasteiger partial charge in [0.2, 0.25) is 0 Å². The van der Waals surface area contributed by atoms with Gasteiger partial charge in [-0.25, -0.2) is 9.78 Å². The van der Waals surface area contributed by atoms with Crippen molar-refractivity contribution >= 4 is 28.5 Å². The third-order valence-electron chi connectivity index (χ3n) is 6.66. The molecular weight excluding hydrogens is 400 g/mol. The van der Waals surface area contributed by atoms with Crippen LogP contribution in [-0.4, -0.2) is 53.8 Å². The highest BCUT2D eigenvalue weighted by atomic mass is 16.4. The lowest BCUT2D eigenvalue weighted by molar-refractivity contribution is 0.108. The Morgan fingerprint density at radius 3 is 2.44 bits per heavy atom. The summed E-state index contributed by atoms with van der Waals surface area (Å²) < 4.78 is 0. The molecule has 0 radical (unpaired) electrons. The highest BCUT2D eigenvalue weighted by Crippen LogP contribution is 2.30. The molecule has 6 nitrogen and oxygen atoms in total. The Balaban J connectivity index is 1.54. The van der Waals surface area contributed by atoms with Crippen LogP contribution in [0.3, 0.4) is 0 Å². The number of hydrogen-bond donors (Lipinski definition) is 2. The molecule has 0 saturated heterocycles. The number of fused-ring (bicyclic) bond motifs is 1. The molecule has 1 saturated carbocycles. The van der Waals surface area contributed by atoms with Crippen molar-refractivity contribution in [2.75, 3.05) is 30.9 Å². The number of hydrogen-bond acceptors (Lipinski definition) is 4. The van der Waals surface area contributed by atoms with E-state index < -0.39 is 6.09 Å². The predicted octanol–water partition coefficient (Wildman–Crippen LogP) is 6.36. The van der Waals surface area contributed by atoms with Gasteiger partial charge < -0.3 is 20.2 Å². The second kappa shape index (κ2) is 11.9. The summed E-state index contributed by atoms with van der Waals surface area (Å²) in [7, 11) is 4.11. The SMILES string of the molecule is CCCCCCCCN(C(=O)O)C1CCC(Nc2cc(N(C)C)c3ccccc3n2)CC1. The van der Waals surface area contributed by atoms with E-state index in [9.17, 15) is 9.90 Å². The molecule has 6 heteroatoms. The van der Waals surface area contributed by atoms with Crippen LogP contribution in [-0.2, 0) is 0 Å². The first kappa shape index (κ1) is 24.1. The van der Waals surface area contributed by atoms with Crippen molar-refractivity contribution in [2.45, 2.75) is 83.2 Å². The molecule has 0 spiro atoms. The largest absolute Gasteiger partial charge is 0.465 e. The Bertz CT molecular complexity index is 862. The van der Waals surface area contributed by atoms with E-state index in [4.69, 9.17) is 4.98 Å². The predicted molar refractivity (Wildman–Crippen MR) is 134 cm³/mol. The first-order valence-electron chi connectivity index (χ1n) is 12.3. The van der Waals surface area contributed by atoms with Gasteiger partial charge in [-0.3, -0.25) is 0 Å². The van der Waals surface area contributed by atoms with Gasteiger partial charge in [-0.05, 0) is 38.2 Å². The summed E-state index contributed by atoms with van der Waals surface area (Å²) >= 11 is 0. The van der Waals surface area contributed by atoms with Crippen LogP contribution < -0.4 is 10.2 Å². The fraction of sp³-hybridized carbons (Fsp3) is 0.615. The number of carboxylic acid groups (broad SMARTS) is 1. The molecule has 1 fully saturated rings. The molecule has 0 unspecified atom stereocenters. The summed E-state index contributed by atoms with van der Waals surface area (Å²) in [5, 5.41) is 14.5. The molecule has 2 aromatic rings. The maximum atomic E-state index is 11.9. The van der Waals surface area contributed by atoms with Crippen molar-refractivity contribution < 1.29 is 9.90 Å². The standard InChI is InChI=1S/C26H40N4O2/c1-4-5-6-7-8-11-18-30(26(31)32)21-16-14-20(15-17-21)27-25-19-24(29(2)3)22-12-9-10-13-23(22)28-25/h9-10,12-13,19-21H,4-8,11,14-18H2,1-3H3,(H,27,28)(H,31,32). The first-order valence-corrected chi connectivity index (χ1v) is 12.3. The van der Waals surface area contributed by atoms with Crippen molar-refractivity contribution in [2.24, 2.45) is 0 Å². The van der Waals surface area contributed by atoms with Crippen molar-refractivity contribution in [3.63, 3.8) is 0 Å². The van der Waals surface area contributed by atoms with Gasteiger partial charge in [0.25, 0.3) is 0 Å². The van der Waals surface area contributed by atoms with Crippen molar-refractivity contribution in [3.05, 3.63) is 30.3 Å². The van der Waals surface area contributed by atoms with Crippen LogP contribution in [0.25, 0.3) is 10.9 Å². The number of benzene rings is 1. The normalized spacial score (nSPS) is 18.5. The van der Waals surface area contributed by atoms with Crippen molar-refractivity contribution in [1.82, 2.24) is 9.88 Å². The number of unbranched alkanes of at least 4 members (excludes halogenated alkanes) is 5. The van der Waals surface area contributed by atoms with E-state index >= 15 is 0 Å². The second-order valence-corrected chi connectivity index (χ2v) is 9.33. The molecule has 1 heterocycles.